The van der Waals surface area contributed by atoms with Crippen LogP contribution in [0.1, 0.15) is 44.9 Å². The minimum atomic E-state index is 0. The molecule has 0 radical (unpaired) electrons. The van der Waals surface area contributed by atoms with Gasteiger partial charge in [-0.3, -0.25) is 4.79 Å². The molecule has 0 saturated heterocycles. The van der Waals surface area contributed by atoms with Crippen molar-refractivity contribution in [3.63, 3.8) is 0 Å². The zero-order valence-electron chi connectivity index (χ0n) is 15.2. The van der Waals surface area contributed by atoms with E-state index in [-0.39, 0.29) is 30.7 Å². The molecule has 1 saturated carbocycles. The van der Waals surface area contributed by atoms with Crippen molar-refractivity contribution in [2.24, 2.45) is 0 Å². The second kappa shape index (κ2) is 12.2. The average Bonchev–Trinajstić information content (AvgIpc) is 2.83. The van der Waals surface area contributed by atoms with Gasteiger partial charge in [0, 0.05) is 32.1 Å². The predicted octanol–water partition coefficient (Wildman–Crippen LogP) is 3.70. The molecule has 7 heteroatoms. The van der Waals surface area contributed by atoms with E-state index >= 15 is 0 Å². The molecule has 0 aliphatic heterocycles. The van der Waals surface area contributed by atoms with E-state index in [9.17, 15) is 4.79 Å². The lowest BCUT2D eigenvalue weighted by molar-refractivity contribution is -0.121. The molecular formula is C19H30Cl2N4O. The van der Waals surface area contributed by atoms with Crippen LogP contribution in [0.4, 0.5) is 0 Å². The summed E-state index contributed by atoms with van der Waals surface area (Å²) in [6.07, 6.45) is 10.3. The molecule has 1 aromatic heterocycles. The van der Waals surface area contributed by atoms with Gasteiger partial charge in [0.1, 0.15) is 0 Å². The number of nitrogens with one attached hydrogen (secondary N) is 2. The number of aryl methyl sites for hydroxylation is 1. The maximum atomic E-state index is 12.0. The van der Waals surface area contributed by atoms with Gasteiger partial charge in [-0.25, -0.2) is 4.98 Å². The molecule has 5 nitrogen and oxygen atoms in total. The highest BCUT2D eigenvalue weighted by molar-refractivity contribution is 5.85. The Bertz CT molecular complexity index is 654. The van der Waals surface area contributed by atoms with Crippen molar-refractivity contribution in [1.29, 1.82) is 0 Å². The smallest absolute Gasteiger partial charge is 0.221 e. The molecule has 2 N–H and O–H groups in total. The van der Waals surface area contributed by atoms with E-state index in [0.717, 1.165) is 17.6 Å². The van der Waals surface area contributed by atoms with Crippen molar-refractivity contribution in [3.05, 3.63) is 30.6 Å². The van der Waals surface area contributed by atoms with Crippen molar-refractivity contribution in [2.45, 2.75) is 57.5 Å². The van der Waals surface area contributed by atoms with E-state index in [0.29, 0.717) is 25.6 Å². The van der Waals surface area contributed by atoms with Gasteiger partial charge in [0.05, 0.1) is 17.4 Å². The molecule has 0 spiro atoms. The van der Waals surface area contributed by atoms with Crippen molar-refractivity contribution in [3.8, 4) is 0 Å². The minimum Gasteiger partial charge on any atom is -0.355 e. The van der Waals surface area contributed by atoms with Crippen LogP contribution >= 0.6 is 24.8 Å². The van der Waals surface area contributed by atoms with Gasteiger partial charge in [-0.05, 0) is 25.0 Å². The molecule has 1 fully saturated rings. The Balaban J connectivity index is 0.00000169. The molecule has 1 aliphatic carbocycles. The SMILES string of the molecule is Cl.Cl.O=C(CCn1cnc2ccccc21)NCCNC1CCCCCC1. The van der Waals surface area contributed by atoms with Crippen LogP contribution in [0.5, 0.6) is 0 Å². The van der Waals surface area contributed by atoms with Gasteiger partial charge >= 0.3 is 0 Å². The van der Waals surface area contributed by atoms with Gasteiger partial charge in [-0.15, -0.1) is 24.8 Å². The molecule has 0 atom stereocenters. The van der Waals surface area contributed by atoms with Crippen molar-refractivity contribution >= 4 is 41.8 Å². The molecule has 2 aromatic rings. The number of carbonyl (C=O) groups excluding carboxylic acids is 1. The highest BCUT2D eigenvalue weighted by Gasteiger charge is 2.11. The first-order valence-electron chi connectivity index (χ1n) is 9.23. The van der Waals surface area contributed by atoms with Crippen LogP contribution in [0.3, 0.4) is 0 Å². The Labute approximate surface area is 168 Å². The summed E-state index contributed by atoms with van der Waals surface area (Å²) in [5, 5.41) is 6.59. The molecule has 0 unspecified atom stereocenters. The zero-order valence-corrected chi connectivity index (χ0v) is 16.8. The fraction of sp³-hybridized carbons (Fsp3) is 0.579. The molecule has 1 amide bonds. The van der Waals surface area contributed by atoms with E-state index in [2.05, 4.69) is 15.6 Å². The number of carbonyl (C=O) groups is 1. The van der Waals surface area contributed by atoms with Gasteiger partial charge in [-0.1, -0.05) is 37.8 Å². The number of rotatable bonds is 7. The summed E-state index contributed by atoms with van der Waals surface area (Å²) < 4.78 is 2.04. The summed E-state index contributed by atoms with van der Waals surface area (Å²) in [6, 6.07) is 8.65. The normalized spacial score (nSPS) is 14.9. The summed E-state index contributed by atoms with van der Waals surface area (Å²) in [5.74, 6) is 0.107. The average molecular weight is 401 g/mol. The minimum absolute atomic E-state index is 0. The second-order valence-corrected chi connectivity index (χ2v) is 6.67. The summed E-state index contributed by atoms with van der Waals surface area (Å²) in [7, 11) is 0. The van der Waals surface area contributed by atoms with Crippen molar-refractivity contribution in [2.75, 3.05) is 13.1 Å². The van der Waals surface area contributed by atoms with Crippen LogP contribution in [0.25, 0.3) is 11.0 Å². The number of amides is 1. The lowest BCUT2D eigenvalue weighted by Gasteiger charge is -2.16. The third-order valence-corrected chi connectivity index (χ3v) is 4.84. The summed E-state index contributed by atoms with van der Waals surface area (Å²) in [5.41, 5.74) is 2.06. The van der Waals surface area contributed by atoms with Gasteiger partial charge in [0.2, 0.25) is 5.91 Å². The standard InChI is InChI=1S/C19H28N4O.2ClH/c24-19(21-13-12-20-16-7-3-1-2-4-8-16)11-14-23-15-22-17-9-5-6-10-18(17)23;;/h5-6,9-10,15-16,20H,1-4,7-8,11-14H2,(H,21,24);2*1H. The Hall–Kier alpha value is -1.30. The quantitative estimate of drug-likeness (QED) is 0.550. The zero-order chi connectivity index (χ0) is 16.6. The van der Waals surface area contributed by atoms with E-state index < -0.39 is 0 Å². The van der Waals surface area contributed by atoms with Crippen LogP contribution in [-0.2, 0) is 11.3 Å². The van der Waals surface area contributed by atoms with Crippen molar-refractivity contribution in [1.82, 2.24) is 20.2 Å². The van der Waals surface area contributed by atoms with Crippen LogP contribution in [-0.4, -0.2) is 34.6 Å². The first kappa shape index (κ1) is 22.7. The second-order valence-electron chi connectivity index (χ2n) is 6.67. The third-order valence-electron chi connectivity index (χ3n) is 4.84. The van der Waals surface area contributed by atoms with Crippen LogP contribution in [0.2, 0.25) is 0 Å². The predicted molar refractivity (Wildman–Crippen MR) is 111 cm³/mol. The van der Waals surface area contributed by atoms with Crippen LogP contribution in [0, 0.1) is 0 Å². The molecule has 0 bridgehead atoms. The van der Waals surface area contributed by atoms with Crippen LogP contribution in [0.15, 0.2) is 30.6 Å². The maximum Gasteiger partial charge on any atom is 0.221 e. The van der Waals surface area contributed by atoms with Gasteiger partial charge in [-0.2, -0.15) is 0 Å². The first-order valence-corrected chi connectivity index (χ1v) is 9.23. The number of hydrogen-bond donors (Lipinski definition) is 2. The van der Waals surface area contributed by atoms with E-state index in [1.54, 1.807) is 0 Å². The maximum absolute atomic E-state index is 12.0. The number of benzene rings is 1. The van der Waals surface area contributed by atoms with Crippen molar-refractivity contribution < 1.29 is 4.79 Å². The van der Waals surface area contributed by atoms with Gasteiger partial charge < -0.3 is 15.2 Å². The summed E-state index contributed by atoms with van der Waals surface area (Å²) >= 11 is 0. The number of aromatic nitrogens is 2. The van der Waals surface area contributed by atoms with Gasteiger partial charge in [0.25, 0.3) is 0 Å². The van der Waals surface area contributed by atoms with E-state index in [1.165, 1.54) is 38.5 Å². The number of nitrogens with zero attached hydrogens (tertiary/aromatic N) is 2. The highest BCUT2D eigenvalue weighted by Crippen LogP contribution is 2.16. The monoisotopic (exact) mass is 400 g/mol. The van der Waals surface area contributed by atoms with Gasteiger partial charge in [0.15, 0.2) is 0 Å². The molecule has 1 aliphatic rings. The van der Waals surface area contributed by atoms with E-state index in [1.807, 2.05) is 35.2 Å². The lowest BCUT2D eigenvalue weighted by atomic mass is 10.1. The van der Waals surface area contributed by atoms with E-state index in [4.69, 9.17) is 0 Å². The summed E-state index contributed by atoms with van der Waals surface area (Å²) in [6.45, 7) is 2.24. The number of fused-ring (bicyclic) bond motifs is 1. The molecular weight excluding hydrogens is 371 g/mol. The fourth-order valence-corrected chi connectivity index (χ4v) is 3.46. The first-order chi connectivity index (χ1) is 11.8. The molecule has 3 rings (SSSR count). The Morgan fingerprint density at radius 2 is 1.81 bits per heavy atom. The molecule has 1 aromatic carbocycles. The Morgan fingerprint density at radius 3 is 2.58 bits per heavy atom. The Morgan fingerprint density at radius 1 is 1.08 bits per heavy atom. The molecule has 26 heavy (non-hydrogen) atoms. The number of halogens is 2. The number of hydrogen-bond acceptors (Lipinski definition) is 3. The number of para-hydroxylation sites is 2. The summed E-state index contributed by atoms with van der Waals surface area (Å²) in [4.78, 5) is 16.4. The highest BCUT2D eigenvalue weighted by atomic mass is 35.5. The number of imidazole rings is 1. The third kappa shape index (κ3) is 6.78. The topological polar surface area (TPSA) is 59.0 Å². The van der Waals surface area contributed by atoms with Crippen LogP contribution < -0.4 is 10.6 Å². The molecule has 146 valence electrons. The largest absolute Gasteiger partial charge is 0.355 e. The molecule has 1 heterocycles. The lowest BCUT2D eigenvalue weighted by Crippen LogP contribution is -2.37. The fourth-order valence-electron chi connectivity index (χ4n) is 3.46. The Kier molecular flexibility index (Phi) is 10.6.